The Labute approximate surface area is 151 Å². The molecule has 7 heteroatoms. The Bertz CT molecular complexity index is 812. The summed E-state index contributed by atoms with van der Waals surface area (Å²) in [5, 5.41) is 12.6. The fourth-order valence-electron chi connectivity index (χ4n) is 3.79. The van der Waals surface area contributed by atoms with Crippen molar-refractivity contribution in [2.24, 2.45) is 11.8 Å². The summed E-state index contributed by atoms with van der Waals surface area (Å²) in [4.78, 5) is 37.4. The van der Waals surface area contributed by atoms with Crippen LogP contribution in [0.4, 0.5) is 0 Å². The van der Waals surface area contributed by atoms with Crippen molar-refractivity contribution in [2.75, 3.05) is 14.2 Å². The Morgan fingerprint density at radius 3 is 2.62 bits per heavy atom. The maximum absolute atomic E-state index is 13.1. The van der Waals surface area contributed by atoms with Crippen LogP contribution in [0.1, 0.15) is 31.2 Å². The van der Waals surface area contributed by atoms with E-state index in [0.29, 0.717) is 23.3 Å². The van der Waals surface area contributed by atoms with E-state index in [9.17, 15) is 19.5 Å². The van der Waals surface area contributed by atoms with Crippen molar-refractivity contribution in [3.05, 3.63) is 35.0 Å². The molecule has 2 N–H and O–H groups in total. The lowest BCUT2D eigenvalue weighted by molar-refractivity contribution is -0.151. The summed E-state index contributed by atoms with van der Waals surface area (Å²) in [5.74, 6) is -2.47. The van der Waals surface area contributed by atoms with Gasteiger partial charge >= 0.3 is 5.97 Å². The number of Topliss-reactive ketones (excluding diaryl/α,β-unsaturated/α-hetero) is 1. The van der Waals surface area contributed by atoms with Crippen molar-refractivity contribution in [1.82, 2.24) is 5.32 Å². The molecule has 7 nitrogen and oxygen atoms in total. The van der Waals surface area contributed by atoms with Crippen LogP contribution in [-0.4, -0.2) is 37.0 Å². The van der Waals surface area contributed by atoms with Gasteiger partial charge in [-0.25, -0.2) is 0 Å². The van der Waals surface area contributed by atoms with Gasteiger partial charge < -0.3 is 19.9 Å². The molecule has 1 aliphatic heterocycles. The minimum atomic E-state index is -0.879. The summed E-state index contributed by atoms with van der Waals surface area (Å²) in [5.41, 5.74) is 1.68. The Kier molecular flexibility index (Phi) is 4.71. The van der Waals surface area contributed by atoms with Gasteiger partial charge in [0.25, 0.3) is 0 Å². The summed E-state index contributed by atoms with van der Waals surface area (Å²) in [6.45, 7) is 1.79. The Morgan fingerprint density at radius 2 is 1.96 bits per heavy atom. The number of benzene rings is 1. The summed E-state index contributed by atoms with van der Waals surface area (Å²) >= 11 is 0. The molecule has 0 spiro atoms. The average molecular weight is 359 g/mol. The number of carbonyl (C=O) groups excluding carboxylic acids is 3. The van der Waals surface area contributed by atoms with Gasteiger partial charge in [0, 0.05) is 23.6 Å². The number of hydrogen-bond donors (Lipinski definition) is 2. The number of nitrogens with one attached hydrogen (secondary N) is 1. The van der Waals surface area contributed by atoms with Gasteiger partial charge in [0.2, 0.25) is 5.91 Å². The number of phenols is 1. The van der Waals surface area contributed by atoms with Crippen LogP contribution in [0.15, 0.2) is 29.5 Å². The first-order valence-corrected chi connectivity index (χ1v) is 8.39. The van der Waals surface area contributed by atoms with Gasteiger partial charge in [-0.2, -0.15) is 0 Å². The predicted octanol–water partition coefficient (Wildman–Crippen LogP) is 1.66. The number of esters is 1. The molecular weight excluding hydrogens is 338 g/mol. The van der Waals surface area contributed by atoms with Gasteiger partial charge in [-0.1, -0.05) is 13.0 Å². The highest BCUT2D eigenvalue weighted by molar-refractivity contribution is 6.11. The second-order valence-corrected chi connectivity index (χ2v) is 6.67. The van der Waals surface area contributed by atoms with Crippen LogP contribution in [0.3, 0.4) is 0 Å². The number of hydrogen-bond acceptors (Lipinski definition) is 6. The lowest BCUT2D eigenvalue weighted by Gasteiger charge is -2.36. The first kappa shape index (κ1) is 18.0. The SMILES string of the molecule is COC(=O)[C@H]1C(=O)C2=C(C[C@H]1C)NC(=O)C[C@H]2c1ccc(O)c(OC)c1. The van der Waals surface area contributed by atoms with E-state index in [1.807, 2.05) is 0 Å². The van der Waals surface area contributed by atoms with Gasteiger partial charge in [0.15, 0.2) is 17.3 Å². The molecule has 1 heterocycles. The molecule has 3 atom stereocenters. The molecule has 0 saturated carbocycles. The van der Waals surface area contributed by atoms with Crippen LogP contribution >= 0.6 is 0 Å². The molecule has 0 unspecified atom stereocenters. The van der Waals surface area contributed by atoms with E-state index < -0.39 is 17.8 Å². The Balaban J connectivity index is 2.08. The van der Waals surface area contributed by atoms with Crippen LogP contribution < -0.4 is 10.1 Å². The lowest BCUT2D eigenvalue weighted by Crippen LogP contribution is -2.44. The van der Waals surface area contributed by atoms with Crippen LogP contribution in [0, 0.1) is 11.8 Å². The Morgan fingerprint density at radius 1 is 1.23 bits per heavy atom. The zero-order valence-electron chi connectivity index (χ0n) is 14.9. The van der Waals surface area contributed by atoms with Gasteiger partial charge in [-0.3, -0.25) is 14.4 Å². The predicted molar refractivity (Wildman–Crippen MR) is 91.5 cm³/mol. The highest BCUT2D eigenvalue weighted by Crippen LogP contribution is 2.43. The number of methoxy groups -OCH3 is 2. The number of amides is 1. The second kappa shape index (κ2) is 6.82. The minimum absolute atomic E-state index is 0.0262. The molecule has 0 saturated heterocycles. The molecule has 0 aromatic heterocycles. The zero-order chi connectivity index (χ0) is 19.0. The van der Waals surface area contributed by atoms with E-state index >= 15 is 0 Å². The molecule has 2 aliphatic rings. The van der Waals surface area contributed by atoms with Crippen molar-refractivity contribution in [3.63, 3.8) is 0 Å². The molecule has 1 amide bonds. The molecule has 26 heavy (non-hydrogen) atoms. The number of phenolic OH excluding ortho intramolecular Hbond substituents is 1. The largest absolute Gasteiger partial charge is 0.504 e. The van der Waals surface area contributed by atoms with Crippen molar-refractivity contribution in [2.45, 2.75) is 25.7 Å². The minimum Gasteiger partial charge on any atom is -0.504 e. The van der Waals surface area contributed by atoms with Crippen molar-refractivity contribution in [1.29, 1.82) is 0 Å². The molecular formula is C19H21NO6. The van der Waals surface area contributed by atoms with Crippen LogP contribution in [0.25, 0.3) is 0 Å². The van der Waals surface area contributed by atoms with Crippen LogP contribution in [0.5, 0.6) is 11.5 Å². The van der Waals surface area contributed by atoms with Gasteiger partial charge in [-0.05, 0) is 30.0 Å². The van der Waals surface area contributed by atoms with E-state index in [1.165, 1.54) is 20.3 Å². The Hall–Kier alpha value is -2.83. The van der Waals surface area contributed by atoms with Crippen LogP contribution in [-0.2, 0) is 19.1 Å². The molecule has 1 aliphatic carbocycles. The number of carbonyl (C=O) groups is 3. The van der Waals surface area contributed by atoms with Gasteiger partial charge in [0.1, 0.15) is 5.92 Å². The van der Waals surface area contributed by atoms with E-state index in [4.69, 9.17) is 9.47 Å². The van der Waals surface area contributed by atoms with Gasteiger partial charge in [0.05, 0.1) is 14.2 Å². The van der Waals surface area contributed by atoms with E-state index in [0.717, 1.165) is 0 Å². The second-order valence-electron chi connectivity index (χ2n) is 6.67. The van der Waals surface area contributed by atoms with Crippen molar-refractivity contribution in [3.8, 4) is 11.5 Å². The first-order chi connectivity index (χ1) is 12.4. The lowest BCUT2D eigenvalue weighted by atomic mass is 9.70. The van der Waals surface area contributed by atoms with Crippen molar-refractivity contribution < 1.29 is 29.0 Å². The molecule has 1 aromatic rings. The molecule has 0 radical (unpaired) electrons. The summed E-state index contributed by atoms with van der Waals surface area (Å²) in [6, 6.07) is 4.74. The summed E-state index contributed by atoms with van der Waals surface area (Å²) in [6.07, 6.45) is 0.499. The van der Waals surface area contributed by atoms with Crippen molar-refractivity contribution >= 4 is 17.7 Å². The fourth-order valence-corrected chi connectivity index (χ4v) is 3.79. The number of allylic oxidation sites excluding steroid dienone is 2. The maximum atomic E-state index is 13.1. The molecule has 0 fully saturated rings. The number of aromatic hydroxyl groups is 1. The number of ether oxygens (including phenoxy) is 2. The third-order valence-corrected chi connectivity index (χ3v) is 5.06. The number of rotatable bonds is 3. The van der Waals surface area contributed by atoms with E-state index in [-0.39, 0.29) is 35.5 Å². The van der Waals surface area contributed by atoms with Crippen LogP contribution in [0.2, 0.25) is 0 Å². The first-order valence-electron chi connectivity index (χ1n) is 8.39. The fraction of sp³-hybridized carbons (Fsp3) is 0.421. The van der Waals surface area contributed by atoms with Gasteiger partial charge in [-0.15, -0.1) is 0 Å². The third kappa shape index (κ3) is 2.94. The monoisotopic (exact) mass is 359 g/mol. The quantitative estimate of drug-likeness (QED) is 0.629. The summed E-state index contributed by atoms with van der Waals surface area (Å²) < 4.78 is 9.94. The zero-order valence-corrected chi connectivity index (χ0v) is 14.9. The van der Waals surface area contributed by atoms with E-state index in [1.54, 1.807) is 19.1 Å². The smallest absolute Gasteiger partial charge is 0.316 e. The summed E-state index contributed by atoms with van der Waals surface area (Å²) in [7, 11) is 2.69. The average Bonchev–Trinajstić information content (AvgIpc) is 2.60. The topological polar surface area (TPSA) is 102 Å². The normalized spacial score (nSPS) is 25.4. The molecule has 0 bridgehead atoms. The highest BCUT2D eigenvalue weighted by atomic mass is 16.5. The highest BCUT2D eigenvalue weighted by Gasteiger charge is 2.45. The van der Waals surface area contributed by atoms with E-state index in [2.05, 4.69) is 5.32 Å². The molecule has 138 valence electrons. The molecule has 1 aromatic carbocycles. The standard InChI is InChI=1S/C19H21NO6/c1-9-6-12-17(18(23)16(9)19(24)26-3)11(8-15(22)20-12)10-4-5-13(21)14(7-10)25-2/h4-5,7,9,11,16,21H,6,8H2,1-3H3,(H,20,22)/t9-,11+,16-/m1/s1. The maximum Gasteiger partial charge on any atom is 0.316 e. The molecule has 3 rings (SSSR count). The third-order valence-electron chi connectivity index (χ3n) is 5.06. The number of ketones is 1.